The lowest BCUT2D eigenvalue weighted by molar-refractivity contribution is -0.130. The highest BCUT2D eigenvalue weighted by molar-refractivity contribution is 8.26. The summed E-state index contributed by atoms with van der Waals surface area (Å²) in [5.74, 6) is 4.78. The first-order valence-electron chi connectivity index (χ1n) is 12.9. The molecule has 0 unspecified atom stereocenters. The first-order chi connectivity index (χ1) is 17.4. The van der Waals surface area contributed by atoms with Crippen LogP contribution < -0.4 is 10.5 Å². The lowest BCUT2D eigenvalue weighted by Crippen LogP contribution is -2.57. The van der Waals surface area contributed by atoms with Crippen LogP contribution in [0.15, 0.2) is 33.6 Å². The highest BCUT2D eigenvalue weighted by atomic mass is 32.2. The molecule has 1 saturated heterocycles. The van der Waals surface area contributed by atoms with Gasteiger partial charge in [0.15, 0.2) is 0 Å². The number of rotatable bonds is 7. The highest BCUT2D eigenvalue weighted by Gasteiger charge is 2.53. The van der Waals surface area contributed by atoms with Crippen molar-refractivity contribution in [2.45, 2.75) is 51.0 Å². The molecule has 8 heteroatoms. The Labute approximate surface area is 221 Å². The van der Waals surface area contributed by atoms with Crippen molar-refractivity contribution in [3.8, 4) is 22.8 Å². The van der Waals surface area contributed by atoms with Crippen LogP contribution in [0.2, 0.25) is 0 Å². The molecule has 5 fully saturated rings. The molecule has 2 aromatic rings. The van der Waals surface area contributed by atoms with Crippen LogP contribution in [0.3, 0.4) is 0 Å². The fourth-order valence-corrected chi connectivity index (χ4v) is 8.53. The minimum Gasteiger partial charge on any atom is -0.508 e. The number of furan rings is 1. The molecule has 1 aromatic heterocycles. The quantitative estimate of drug-likeness (QED) is 0.361. The Morgan fingerprint density at radius 3 is 2.56 bits per heavy atom. The maximum absolute atomic E-state index is 13.7. The number of ether oxygens (including phenoxy) is 1. The van der Waals surface area contributed by atoms with Gasteiger partial charge in [-0.2, -0.15) is 0 Å². The molecule has 0 radical (unpaired) electrons. The Balaban J connectivity index is 1.31. The van der Waals surface area contributed by atoms with Crippen LogP contribution in [0.25, 0.3) is 17.4 Å². The number of phenols is 1. The second kappa shape index (κ2) is 9.54. The average Bonchev–Trinajstić information content (AvgIpc) is 3.37. The molecule has 3 N–H and O–H groups in total. The Bertz CT molecular complexity index is 1210. The van der Waals surface area contributed by atoms with E-state index in [1.807, 2.05) is 23.1 Å². The summed E-state index contributed by atoms with van der Waals surface area (Å²) in [6.07, 6.45) is 9.74. The van der Waals surface area contributed by atoms with Crippen molar-refractivity contribution in [2.24, 2.45) is 29.4 Å². The summed E-state index contributed by atoms with van der Waals surface area (Å²) in [6, 6.07) is 7.23. The largest absolute Gasteiger partial charge is 0.508 e. The molecule has 6 nitrogen and oxygen atoms in total. The zero-order chi connectivity index (χ0) is 25.0. The predicted octanol–water partition coefficient (Wildman–Crippen LogP) is 5.58. The number of carbonyl (C=O) groups is 1. The number of nitrogens with zero attached hydrogens (tertiary/aromatic N) is 1. The predicted molar refractivity (Wildman–Crippen MR) is 146 cm³/mol. The van der Waals surface area contributed by atoms with E-state index >= 15 is 0 Å². The topological polar surface area (TPSA) is 88.9 Å². The van der Waals surface area contributed by atoms with Crippen molar-refractivity contribution in [1.82, 2.24) is 4.90 Å². The van der Waals surface area contributed by atoms with Gasteiger partial charge in [-0.15, -0.1) is 0 Å². The highest BCUT2D eigenvalue weighted by Crippen LogP contribution is 2.56. The number of nitrogens with two attached hydrogens (primary N) is 1. The molecule has 36 heavy (non-hydrogen) atoms. The van der Waals surface area contributed by atoms with Crippen molar-refractivity contribution < 1.29 is 19.1 Å². The zero-order valence-corrected chi connectivity index (χ0v) is 22.1. The van der Waals surface area contributed by atoms with Crippen LogP contribution in [0.1, 0.15) is 49.8 Å². The molecule has 4 saturated carbocycles. The van der Waals surface area contributed by atoms with E-state index in [1.54, 1.807) is 19.2 Å². The third-order valence-corrected chi connectivity index (χ3v) is 9.79. The van der Waals surface area contributed by atoms with Gasteiger partial charge in [0.25, 0.3) is 5.91 Å². The normalized spacial score (nSPS) is 30.1. The molecule has 0 atom stereocenters. The van der Waals surface area contributed by atoms with Crippen LogP contribution in [-0.4, -0.2) is 39.9 Å². The Morgan fingerprint density at radius 1 is 1.17 bits per heavy atom. The SMILES string of the molecule is COc1cc(O)cc(-c2cc(CCCN)c(/C=C3/SC(=S)N(C4C5CC6CC(C5)CC4C6)C3=O)o2)c1. The van der Waals surface area contributed by atoms with Gasteiger partial charge in [0.05, 0.1) is 12.0 Å². The number of amides is 1. The van der Waals surface area contributed by atoms with Crippen molar-refractivity contribution in [3.63, 3.8) is 0 Å². The second-order valence-corrected chi connectivity index (χ2v) is 12.5. The van der Waals surface area contributed by atoms with E-state index in [0.29, 0.717) is 50.4 Å². The lowest BCUT2D eigenvalue weighted by atomic mass is 9.54. The number of benzene rings is 1. The van der Waals surface area contributed by atoms with Gasteiger partial charge in [0.2, 0.25) is 0 Å². The van der Waals surface area contributed by atoms with Gasteiger partial charge in [-0.25, -0.2) is 0 Å². The smallest absolute Gasteiger partial charge is 0.266 e. The molecule has 5 aliphatic rings. The molecule has 1 aromatic carbocycles. The third kappa shape index (κ3) is 4.27. The maximum atomic E-state index is 13.7. The maximum Gasteiger partial charge on any atom is 0.266 e. The average molecular weight is 525 g/mol. The van der Waals surface area contributed by atoms with Crippen molar-refractivity contribution in [2.75, 3.05) is 13.7 Å². The van der Waals surface area contributed by atoms with Gasteiger partial charge in [-0.05, 0) is 98.9 Å². The third-order valence-electron chi connectivity index (χ3n) is 8.46. The number of phenolic OH excluding ortho intramolecular Hbond substituents is 1. The number of thioether (sulfide) groups is 1. The van der Waals surface area contributed by atoms with Crippen LogP contribution in [0.4, 0.5) is 0 Å². The van der Waals surface area contributed by atoms with E-state index in [0.717, 1.165) is 30.2 Å². The van der Waals surface area contributed by atoms with E-state index in [4.69, 9.17) is 27.1 Å². The van der Waals surface area contributed by atoms with E-state index in [1.165, 1.54) is 43.9 Å². The molecule has 0 spiro atoms. The van der Waals surface area contributed by atoms with Gasteiger partial charge >= 0.3 is 0 Å². The lowest BCUT2D eigenvalue weighted by Gasteiger charge is -2.56. The van der Waals surface area contributed by atoms with Crippen LogP contribution in [0, 0.1) is 23.7 Å². The van der Waals surface area contributed by atoms with Crippen LogP contribution >= 0.6 is 24.0 Å². The summed E-state index contributed by atoms with van der Waals surface area (Å²) in [6.45, 7) is 0.564. The summed E-state index contributed by atoms with van der Waals surface area (Å²) in [7, 11) is 1.56. The zero-order valence-electron chi connectivity index (χ0n) is 20.4. The summed E-state index contributed by atoms with van der Waals surface area (Å²) in [4.78, 5) is 16.3. The van der Waals surface area contributed by atoms with E-state index in [9.17, 15) is 9.90 Å². The molecule has 4 bridgehead atoms. The number of methoxy groups -OCH3 is 1. The minimum absolute atomic E-state index is 0.0178. The van der Waals surface area contributed by atoms with E-state index in [2.05, 4.69) is 0 Å². The summed E-state index contributed by atoms with van der Waals surface area (Å²) < 4.78 is 12.2. The number of aromatic hydroxyl groups is 1. The monoisotopic (exact) mass is 524 g/mol. The molecule has 2 heterocycles. The standard InChI is InChI=1S/C28H32N2O4S2/c1-33-22-11-18(10-21(31)13-22)23-12-17(3-2-4-29)24(34-23)14-25-27(32)30(28(35)36-25)26-19-6-15-5-16(8-19)9-20(26)7-15/h10-16,19-20,26,31H,2-9,29H2,1H3/b25-14+. The van der Waals surface area contributed by atoms with Gasteiger partial charge < -0.3 is 20.0 Å². The van der Waals surface area contributed by atoms with Gasteiger partial charge in [0.1, 0.15) is 27.3 Å². The summed E-state index contributed by atoms with van der Waals surface area (Å²) in [5, 5.41) is 10.1. The molecule has 7 rings (SSSR count). The first kappa shape index (κ1) is 24.1. The minimum atomic E-state index is 0.0178. The fraction of sp³-hybridized carbons (Fsp3) is 0.500. The number of aryl methyl sites for hydroxylation is 1. The molecule has 1 aliphatic heterocycles. The summed E-state index contributed by atoms with van der Waals surface area (Å²) >= 11 is 7.17. The van der Waals surface area contributed by atoms with Crippen molar-refractivity contribution in [1.29, 1.82) is 0 Å². The molecular formula is C28H32N2O4S2. The number of hydrogen-bond acceptors (Lipinski definition) is 7. The number of thiocarbonyl (C=S) groups is 1. The van der Waals surface area contributed by atoms with Crippen molar-refractivity contribution in [3.05, 3.63) is 40.5 Å². The second-order valence-electron chi connectivity index (χ2n) is 10.8. The van der Waals surface area contributed by atoms with Gasteiger partial charge in [-0.1, -0.05) is 24.0 Å². The fourth-order valence-electron chi connectivity index (χ4n) is 7.21. The van der Waals surface area contributed by atoms with Crippen molar-refractivity contribution >= 4 is 40.3 Å². The Morgan fingerprint density at radius 2 is 1.89 bits per heavy atom. The molecule has 190 valence electrons. The van der Waals surface area contributed by atoms with E-state index in [-0.39, 0.29) is 17.7 Å². The molecule has 1 amide bonds. The Hall–Kier alpha value is -2.29. The number of hydrogen-bond donors (Lipinski definition) is 2. The Kier molecular flexibility index (Phi) is 6.38. The molecular weight excluding hydrogens is 492 g/mol. The first-order valence-corrected chi connectivity index (χ1v) is 14.1. The van der Waals surface area contributed by atoms with E-state index < -0.39 is 0 Å². The van der Waals surface area contributed by atoms with Crippen LogP contribution in [0.5, 0.6) is 11.5 Å². The number of carbonyl (C=O) groups excluding carboxylic acids is 1. The molecule has 4 aliphatic carbocycles. The van der Waals surface area contributed by atoms with Crippen LogP contribution in [-0.2, 0) is 11.2 Å². The van der Waals surface area contributed by atoms with Gasteiger partial charge in [-0.3, -0.25) is 9.69 Å². The van der Waals surface area contributed by atoms with Gasteiger partial charge in [0, 0.05) is 23.7 Å². The summed E-state index contributed by atoms with van der Waals surface area (Å²) in [5.41, 5.74) is 7.48.